The molecule has 1 nitrogen and oxygen atoms in total. The molecule has 1 aliphatic carbocycles. The highest BCUT2D eigenvalue weighted by Gasteiger charge is 2.45. The van der Waals surface area contributed by atoms with Gasteiger partial charge in [-0.1, -0.05) is 140 Å². The van der Waals surface area contributed by atoms with Crippen molar-refractivity contribution in [3.05, 3.63) is 163 Å². The Bertz CT molecular complexity index is 1760. The second-order valence-electron chi connectivity index (χ2n) is 11.7. The minimum Gasteiger partial charge on any atom is -0.310 e. The van der Waals surface area contributed by atoms with Gasteiger partial charge in [0.1, 0.15) is 0 Å². The summed E-state index contributed by atoms with van der Waals surface area (Å²) in [5.74, 6) is 0. The van der Waals surface area contributed by atoms with Crippen molar-refractivity contribution >= 4 is 17.1 Å². The van der Waals surface area contributed by atoms with Crippen molar-refractivity contribution in [2.24, 2.45) is 0 Å². The molecule has 2 aliphatic rings. The maximum atomic E-state index is 2.53. The summed E-state index contributed by atoms with van der Waals surface area (Å²) in [6, 6.07) is 55.8. The van der Waals surface area contributed by atoms with Crippen LogP contribution in [0.3, 0.4) is 0 Å². The first-order valence-electron chi connectivity index (χ1n) is 15.2. The minimum absolute atomic E-state index is 0.0512. The summed E-state index contributed by atoms with van der Waals surface area (Å²) in [5.41, 5.74) is 14.3. The number of benzene rings is 6. The van der Waals surface area contributed by atoms with Gasteiger partial charge < -0.3 is 4.90 Å². The first kappa shape index (κ1) is 24.9. The maximum absolute atomic E-state index is 2.53. The molecule has 6 aromatic carbocycles. The average molecular weight is 540 g/mol. The second kappa shape index (κ2) is 10.2. The third-order valence-electron chi connectivity index (χ3n) is 9.41. The Morgan fingerprint density at radius 2 is 0.762 bits per heavy atom. The van der Waals surface area contributed by atoms with Crippen molar-refractivity contribution in [3.8, 4) is 33.4 Å². The van der Waals surface area contributed by atoms with Crippen molar-refractivity contribution in [1.29, 1.82) is 0 Å². The van der Waals surface area contributed by atoms with E-state index in [1.807, 2.05) is 0 Å². The molecule has 1 spiro atoms. The standard InChI is InChI=1S/C41H33N/c1-4-12-30(13-5-1)33-18-22-36(23-19-33)42-39-28-34(31-14-6-2-7-15-31)20-24-37(39)41(26-10-11-27-41)38-25-21-35(29-40(38)42)32-16-8-3-9-17-32/h1-9,12-25,28-29H,10-11,26-27H2. The lowest BCUT2D eigenvalue weighted by Gasteiger charge is -2.44. The Morgan fingerprint density at radius 3 is 1.21 bits per heavy atom. The molecule has 6 aromatic rings. The van der Waals surface area contributed by atoms with E-state index in [0.717, 1.165) is 0 Å². The van der Waals surface area contributed by atoms with Gasteiger partial charge in [-0.15, -0.1) is 0 Å². The van der Waals surface area contributed by atoms with Crippen LogP contribution in [-0.4, -0.2) is 0 Å². The van der Waals surface area contributed by atoms with E-state index in [0.29, 0.717) is 0 Å². The molecule has 1 fully saturated rings. The molecule has 0 saturated heterocycles. The smallest absolute Gasteiger partial charge is 0.0509 e. The van der Waals surface area contributed by atoms with Gasteiger partial charge in [-0.25, -0.2) is 0 Å². The largest absolute Gasteiger partial charge is 0.310 e. The highest BCUT2D eigenvalue weighted by Crippen LogP contribution is 2.59. The summed E-state index contributed by atoms with van der Waals surface area (Å²) < 4.78 is 0. The van der Waals surface area contributed by atoms with Crippen molar-refractivity contribution in [2.75, 3.05) is 4.90 Å². The van der Waals surface area contributed by atoms with E-state index >= 15 is 0 Å². The van der Waals surface area contributed by atoms with Crippen molar-refractivity contribution in [3.63, 3.8) is 0 Å². The summed E-state index contributed by atoms with van der Waals surface area (Å²) in [6.45, 7) is 0. The Kier molecular flexibility index (Phi) is 6.04. The van der Waals surface area contributed by atoms with Crippen LogP contribution in [0, 0.1) is 0 Å². The Morgan fingerprint density at radius 1 is 0.381 bits per heavy atom. The summed E-state index contributed by atoms with van der Waals surface area (Å²) in [5, 5.41) is 0. The molecule has 1 heterocycles. The zero-order valence-corrected chi connectivity index (χ0v) is 23.7. The molecule has 0 amide bonds. The van der Waals surface area contributed by atoms with E-state index in [9.17, 15) is 0 Å². The quantitative estimate of drug-likeness (QED) is 0.215. The van der Waals surface area contributed by atoms with Crippen molar-refractivity contribution < 1.29 is 0 Å². The summed E-state index contributed by atoms with van der Waals surface area (Å²) in [6.07, 6.45) is 4.93. The van der Waals surface area contributed by atoms with Gasteiger partial charge in [0.25, 0.3) is 0 Å². The average Bonchev–Trinajstić information content (AvgIpc) is 3.56. The molecule has 1 aliphatic heterocycles. The Balaban J connectivity index is 1.36. The van der Waals surface area contributed by atoms with Crippen LogP contribution in [0.1, 0.15) is 36.8 Å². The van der Waals surface area contributed by atoms with Gasteiger partial charge >= 0.3 is 0 Å². The van der Waals surface area contributed by atoms with Crippen LogP contribution in [0.15, 0.2) is 152 Å². The van der Waals surface area contributed by atoms with Gasteiger partial charge in [-0.3, -0.25) is 0 Å². The van der Waals surface area contributed by atoms with Crippen LogP contribution in [0.25, 0.3) is 33.4 Å². The summed E-state index contributed by atoms with van der Waals surface area (Å²) in [7, 11) is 0. The molecule has 202 valence electrons. The lowest BCUT2D eigenvalue weighted by atomic mass is 9.68. The van der Waals surface area contributed by atoms with Crippen LogP contribution in [0.4, 0.5) is 17.1 Å². The van der Waals surface area contributed by atoms with Crippen LogP contribution in [-0.2, 0) is 5.41 Å². The van der Waals surface area contributed by atoms with E-state index in [2.05, 4.69) is 157 Å². The van der Waals surface area contributed by atoms with E-state index in [4.69, 9.17) is 0 Å². The van der Waals surface area contributed by atoms with Gasteiger partial charge in [0.2, 0.25) is 0 Å². The molecule has 1 saturated carbocycles. The van der Waals surface area contributed by atoms with Gasteiger partial charge in [-0.2, -0.15) is 0 Å². The van der Waals surface area contributed by atoms with Gasteiger partial charge in [0.05, 0.1) is 11.4 Å². The van der Waals surface area contributed by atoms with Crippen molar-refractivity contribution in [1.82, 2.24) is 0 Å². The number of nitrogens with zero attached hydrogens (tertiary/aromatic N) is 1. The van der Waals surface area contributed by atoms with Gasteiger partial charge in [-0.05, 0) is 81.6 Å². The van der Waals surface area contributed by atoms with E-state index in [1.165, 1.54) is 87.3 Å². The predicted octanol–water partition coefficient (Wildman–Crippen LogP) is 11.3. The molecular weight excluding hydrogens is 506 g/mol. The Labute approximate surface area is 248 Å². The summed E-state index contributed by atoms with van der Waals surface area (Å²) in [4.78, 5) is 2.53. The number of hydrogen-bond acceptors (Lipinski definition) is 1. The predicted molar refractivity (Wildman–Crippen MR) is 177 cm³/mol. The van der Waals surface area contributed by atoms with Gasteiger partial charge in [0, 0.05) is 11.1 Å². The molecular formula is C41H33N. The van der Waals surface area contributed by atoms with Crippen molar-refractivity contribution in [2.45, 2.75) is 31.1 Å². The van der Waals surface area contributed by atoms with Crippen LogP contribution in [0.5, 0.6) is 0 Å². The molecule has 8 rings (SSSR count). The zero-order chi connectivity index (χ0) is 27.9. The first-order valence-corrected chi connectivity index (χ1v) is 15.2. The van der Waals surface area contributed by atoms with Crippen LogP contribution >= 0.6 is 0 Å². The highest BCUT2D eigenvalue weighted by molar-refractivity contribution is 5.90. The maximum Gasteiger partial charge on any atom is 0.0509 e. The van der Waals surface area contributed by atoms with E-state index < -0.39 is 0 Å². The molecule has 0 radical (unpaired) electrons. The molecule has 42 heavy (non-hydrogen) atoms. The number of rotatable bonds is 4. The molecule has 0 aromatic heterocycles. The van der Waals surface area contributed by atoms with Crippen LogP contribution < -0.4 is 4.90 Å². The highest BCUT2D eigenvalue weighted by atomic mass is 15.2. The normalized spacial score (nSPS) is 14.9. The molecule has 0 bridgehead atoms. The lowest BCUT2D eigenvalue weighted by molar-refractivity contribution is 0.530. The molecule has 1 heteroatoms. The second-order valence-corrected chi connectivity index (χ2v) is 11.7. The third kappa shape index (κ3) is 4.08. The number of anilines is 3. The fourth-order valence-electron chi connectivity index (χ4n) is 7.37. The van der Waals surface area contributed by atoms with E-state index in [-0.39, 0.29) is 5.41 Å². The molecule has 0 unspecified atom stereocenters. The van der Waals surface area contributed by atoms with Crippen LogP contribution in [0.2, 0.25) is 0 Å². The monoisotopic (exact) mass is 539 g/mol. The minimum atomic E-state index is 0.0512. The molecule has 0 atom stereocenters. The fraction of sp³-hybridized carbons (Fsp3) is 0.122. The topological polar surface area (TPSA) is 3.24 Å². The van der Waals surface area contributed by atoms with E-state index in [1.54, 1.807) is 0 Å². The van der Waals surface area contributed by atoms with Gasteiger partial charge in [0.15, 0.2) is 0 Å². The number of hydrogen-bond donors (Lipinski definition) is 0. The summed E-state index contributed by atoms with van der Waals surface area (Å²) >= 11 is 0. The lowest BCUT2D eigenvalue weighted by Crippen LogP contribution is -2.33. The Hall–Kier alpha value is -4.88. The number of fused-ring (bicyclic) bond motifs is 4. The fourth-order valence-corrected chi connectivity index (χ4v) is 7.37. The third-order valence-corrected chi connectivity index (χ3v) is 9.41. The SMILES string of the molecule is c1ccc(-c2ccc(N3c4cc(-c5ccccc5)ccc4C4(CCCC4)c4ccc(-c5ccccc5)cc43)cc2)cc1. The molecule has 0 N–H and O–H groups in total. The zero-order valence-electron chi connectivity index (χ0n) is 23.7. The first-order chi connectivity index (χ1) is 20.8.